The highest BCUT2D eigenvalue weighted by Crippen LogP contribution is 2.44. The molecule has 1 saturated carbocycles. The van der Waals surface area contributed by atoms with Gasteiger partial charge in [0.2, 0.25) is 0 Å². The van der Waals surface area contributed by atoms with E-state index in [-0.39, 0.29) is 0 Å². The number of rotatable bonds is 3. The summed E-state index contributed by atoms with van der Waals surface area (Å²) in [6, 6.07) is 2.14. The summed E-state index contributed by atoms with van der Waals surface area (Å²) < 4.78 is 0. The van der Waals surface area contributed by atoms with Gasteiger partial charge in [-0.2, -0.15) is 0 Å². The molecule has 0 aromatic carbocycles. The lowest BCUT2D eigenvalue weighted by molar-refractivity contribution is -0.138. The van der Waals surface area contributed by atoms with Crippen molar-refractivity contribution in [3.8, 4) is 0 Å². The summed E-state index contributed by atoms with van der Waals surface area (Å²) in [7, 11) is 0. The molecule has 3 aliphatic rings. The van der Waals surface area contributed by atoms with Crippen LogP contribution in [0, 0.1) is 17.8 Å². The summed E-state index contributed by atoms with van der Waals surface area (Å²) in [5.74, 6) is 1.54. The lowest BCUT2D eigenvalue weighted by atomic mass is 9.77. The Labute approximate surface area is 122 Å². The zero-order chi connectivity index (χ0) is 14.3. The van der Waals surface area contributed by atoms with Gasteiger partial charge >= 0.3 is 5.97 Å². The van der Waals surface area contributed by atoms with Crippen molar-refractivity contribution in [2.75, 3.05) is 0 Å². The first-order chi connectivity index (χ1) is 9.52. The fraction of sp³-hybridized carbons (Fsp3) is 0.941. The molecular weight excluding hydrogens is 250 g/mol. The SMILES string of the molecule is CC1CC(C)CC(N2C3CCC2CC(CC(=O)O)C3)C1. The molecule has 0 aromatic rings. The van der Waals surface area contributed by atoms with Gasteiger partial charge in [0.25, 0.3) is 0 Å². The van der Waals surface area contributed by atoms with Crippen molar-refractivity contribution >= 4 is 5.97 Å². The van der Waals surface area contributed by atoms with Crippen LogP contribution >= 0.6 is 0 Å². The summed E-state index contributed by atoms with van der Waals surface area (Å²) in [6.07, 6.45) is 9.37. The zero-order valence-electron chi connectivity index (χ0n) is 12.9. The Balaban J connectivity index is 1.66. The molecule has 2 aliphatic heterocycles. The first-order valence-electron chi connectivity index (χ1n) is 8.52. The molecule has 3 fully saturated rings. The van der Waals surface area contributed by atoms with Crippen molar-refractivity contribution in [1.29, 1.82) is 0 Å². The van der Waals surface area contributed by atoms with Gasteiger partial charge in [-0.15, -0.1) is 0 Å². The van der Waals surface area contributed by atoms with Crippen LogP contribution < -0.4 is 0 Å². The molecule has 4 unspecified atom stereocenters. The predicted octanol–water partition coefficient (Wildman–Crippen LogP) is 3.53. The summed E-state index contributed by atoms with van der Waals surface area (Å²) in [5, 5.41) is 9.03. The van der Waals surface area contributed by atoms with Crippen LogP contribution in [0.3, 0.4) is 0 Å². The lowest BCUT2D eigenvalue weighted by Gasteiger charge is -2.47. The molecule has 0 amide bonds. The zero-order valence-corrected chi connectivity index (χ0v) is 12.9. The molecule has 0 spiro atoms. The van der Waals surface area contributed by atoms with Crippen molar-refractivity contribution in [1.82, 2.24) is 4.90 Å². The molecule has 20 heavy (non-hydrogen) atoms. The first kappa shape index (κ1) is 14.4. The Morgan fingerprint density at radius 3 is 2.00 bits per heavy atom. The van der Waals surface area contributed by atoms with E-state index in [1.165, 1.54) is 32.1 Å². The van der Waals surface area contributed by atoms with Crippen LogP contribution in [-0.4, -0.2) is 34.1 Å². The largest absolute Gasteiger partial charge is 0.481 e. The average molecular weight is 279 g/mol. The molecule has 114 valence electrons. The maximum Gasteiger partial charge on any atom is 0.303 e. The highest BCUT2D eigenvalue weighted by atomic mass is 16.4. The molecule has 3 nitrogen and oxygen atoms in total. The van der Waals surface area contributed by atoms with Crippen LogP contribution in [0.25, 0.3) is 0 Å². The number of carboxylic acid groups (broad SMARTS) is 1. The third-order valence-electron chi connectivity index (χ3n) is 5.93. The highest BCUT2D eigenvalue weighted by Gasteiger charge is 2.45. The molecule has 0 aromatic heterocycles. The van der Waals surface area contributed by atoms with Gasteiger partial charge < -0.3 is 5.11 Å². The molecule has 3 heteroatoms. The van der Waals surface area contributed by atoms with Crippen LogP contribution in [0.1, 0.15) is 65.2 Å². The van der Waals surface area contributed by atoms with Gasteiger partial charge in [-0.1, -0.05) is 13.8 Å². The van der Waals surface area contributed by atoms with Gasteiger partial charge in [0.1, 0.15) is 0 Å². The van der Waals surface area contributed by atoms with E-state index in [9.17, 15) is 4.79 Å². The number of fused-ring (bicyclic) bond motifs is 2. The predicted molar refractivity (Wildman–Crippen MR) is 79.6 cm³/mol. The number of piperidine rings is 1. The molecule has 1 N–H and O–H groups in total. The molecular formula is C17H29NO2. The van der Waals surface area contributed by atoms with Crippen molar-refractivity contribution in [3.63, 3.8) is 0 Å². The van der Waals surface area contributed by atoms with E-state index in [1.807, 2.05) is 0 Å². The summed E-state index contributed by atoms with van der Waals surface area (Å²) >= 11 is 0. The van der Waals surface area contributed by atoms with Crippen LogP contribution in [0.4, 0.5) is 0 Å². The molecule has 2 bridgehead atoms. The monoisotopic (exact) mass is 279 g/mol. The van der Waals surface area contributed by atoms with Gasteiger partial charge in [-0.3, -0.25) is 9.69 Å². The van der Waals surface area contributed by atoms with E-state index in [2.05, 4.69) is 18.7 Å². The third kappa shape index (κ3) is 2.88. The normalized spacial score (nSPS) is 45.5. The van der Waals surface area contributed by atoms with Crippen molar-refractivity contribution in [3.05, 3.63) is 0 Å². The van der Waals surface area contributed by atoms with Gasteiger partial charge in [-0.25, -0.2) is 0 Å². The number of hydrogen-bond donors (Lipinski definition) is 1. The number of aliphatic carboxylic acids is 1. The summed E-state index contributed by atoms with van der Waals surface area (Å²) in [5.41, 5.74) is 0. The second-order valence-corrected chi connectivity index (χ2v) is 7.84. The Kier molecular flexibility index (Phi) is 4.07. The van der Waals surface area contributed by atoms with Crippen molar-refractivity contribution in [2.24, 2.45) is 17.8 Å². The van der Waals surface area contributed by atoms with E-state index >= 15 is 0 Å². The van der Waals surface area contributed by atoms with Crippen LogP contribution in [0.5, 0.6) is 0 Å². The maximum atomic E-state index is 11.0. The molecule has 2 heterocycles. The number of hydrogen-bond acceptors (Lipinski definition) is 2. The van der Waals surface area contributed by atoms with Gasteiger partial charge in [0.15, 0.2) is 0 Å². The summed E-state index contributed by atoms with van der Waals surface area (Å²) in [4.78, 5) is 13.8. The molecule has 0 radical (unpaired) electrons. The highest BCUT2D eigenvalue weighted by molar-refractivity contribution is 5.67. The number of nitrogens with zero attached hydrogens (tertiary/aromatic N) is 1. The second-order valence-electron chi connectivity index (χ2n) is 7.84. The topological polar surface area (TPSA) is 40.5 Å². The fourth-order valence-corrected chi connectivity index (χ4v) is 5.48. The van der Waals surface area contributed by atoms with Crippen LogP contribution in [-0.2, 0) is 4.79 Å². The Morgan fingerprint density at radius 1 is 0.950 bits per heavy atom. The third-order valence-corrected chi connectivity index (χ3v) is 5.93. The quantitative estimate of drug-likeness (QED) is 0.859. The minimum absolute atomic E-state index is 0.387. The first-order valence-corrected chi connectivity index (χ1v) is 8.52. The number of carbonyl (C=O) groups is 1. The van der Waals surface area contributed by atoms with Gasteiger partial charge in [0.05, 0.1) is 0 Å². The molecule has 2 saturated heterocycles. The van der Waals surface area contributed by atoms with E-state index < -0.39 is 5.97 Å². The van der Waals surface area contributed by atoms with E-state index in [1.54, 1.807) is 0 Å². The second kappa shape index (κ2) is 5.67. The summed E-state index contributed by atoms with van der Waals surface area (Å²) in [6.45, 7) is 4.81. The Morgan fingerprint density at radius 2 is 1.50 bits per heavy atom. The van der Waals surface area contributed by atoms with Gasteiger partial charge in [-0.05, 0) is 62.7 Å². The molecule has 1 aliphatic carbocycles. The standard InChI is InChI=1S/C17H29NO2/c1-11-5-12(2)7-16(6-11)18-14-3-4-15(18)9-13(8-14)10-17(19)20/h11-16H,3-10H2,1-2H3,(H,19,20). The molecule has 4 atom stereocenters. The smallest absolute Gasteiger partial charge is 0.303 e. The minimum atomic E-state index is -0.609. The van der Waals surface area contributed by atoms with E-state index in [0.29, 0.717) is 24.4 Å². The fourth-order valence-electron chi connectivity index (χ4n) is 5.48. The average Bonchev–Trinajstić information content (AvgIpc) is 2.59. The minimum Gasteiger partial charge on any atom is -0.481 e. The van der Waals surface area contributed by atoms with E-state index in [0.717, 1.165) is 30.7 Å². The Bertz CT molecular complexity index is 346. The van der Waals surface area contributed by atoms with Crippen molar-refractivity contribution < 1.29 is 9.90 Å². The Hall–Kier alpha value is -0.570. The lowest BCUT2D eigenvalue weighted by Crippen LogP contribution is -2.51. The van der Waals surface area contributed by atoms with Crippen LogP contribution in [0.15, 0.2) is 0 Å². The molecule has 3 rings (SSSR count). The van der Waals surface area contributed by atoms with Crippen LogP contribution in [0.2, 0.25) is 0 Å². The number of carboxylic acids is 1. The van der Waals surface area contributed by atoms with Crippen molar-refractivity contribution in [2.45, 2.75) is 83.3 Å². The van der Waals surface area contributed by atoms with E-state index in [4.69, 9.17) is 5.11 Å². The maximum absolute atomic E-state index is 11.0. The van der Waals surface area contributed by atoms with Gasteiger partial charge in [0, 0.05) is 24.5 Å².